The van der Waals surface area contributed by atoms with Gasteiger partial charge in [0.15, 0.2) is 11.3 Å². The zero-order valence-electron chi connectivity index (χ0n) is 38.6. The Bertz CT molecular complexity index is 2560. The lowest BCUT2D eigenvalue weighted by Crippen LogP contribution is -2.44. The Labute approximate surface area is 389 Å². The number of nitrogens with one attached hydrogen (secondary N) is 4. The van der Waals surface area contributed by atoms with Crippen molar-refractivity contribution in [3.05, 3.63) is 94.6 Å². The molecule has 2 fully saturated rings. The normalized spacial score (nSPS) is 14.6. The molecule has 352 valence electrons. The molecule has 0 atom stereocenters. The van der Waals surface area contributed by atoms with E-state index in [1.807, 2.05) is 49.5 Å². The summed E-state index contributed by atoms with van der Waals surface area (Å²) >= 11 is 0. The highest BCUT2D eigenvalue weighted by atomic mass is 16.5. The molecule has 8 rings (SSSR count). The van der Waals surface area contributed by atoms with Gasteiger partial charge in [0.25, 0.3) is 11.8 Å². The van der Waals surface area contributed by atoms with Crippen LogP contribution >= 0.6 is 0 Å². The Balaban J connectivity index is 0.902. The number of carbonyl (C=O) groups excluding carboxylic acids is 4. The van der Waals surface area contributed by atoms with Crippen LogP contribution in [0, 0.1) is 0 Å². The average molecular weight is 913 g/mol. The standard InChI is InChI=1S/C48H60N14O5/c1-5-39-35(41(37-27-53-61(7-3)43(37)57-39)55-31-17-21-59(22-18-31)47(49)65)25-51-45(63)29-9-13-33(14-10-29)67-34-15-11-30(12-16-34)46(64)52-26-36-40(6-2)58-44-38(28-54-62(44)8-4)42(36)56-32-19-23-60(24-20-32)48(50)66/h9-16,27-28,31-32H,5-8,17-26H2,1-4H3,(H2,49,65)(H2,50,66)(H,51,63)(H,52,64)(H,55,57)(H,56,58). The Kier molecular flexibility index (Phi) is 14.0. The minimum absolute atomic E-state index is 0.103. The van der Waals surface area contributed by atoms with Crippen molar-refractivity contribution in [2.45, 2.75) is 104 Å². The summed E-state index contributed by atoms with van der Waals surface area (Å²) in [5.74, 6) is 0.556. The highest BCUT2D eigenvalue weighted by molar-refractivity contribution is 5.96. The van der Waals surface area contributed by atoms with E-state index < -0.39 is 12.1 Å². The molecular formula is C48H60N14O5. The van der Waals surface area contributed by atoms with Crippen LogP contribution in [0.4, 0.5) is 21.0 Å². The van der Waals surface area contributed by atoms with Gasteiger partial charge >= 0.3 is 12.1 Å². The number of likely N-dealkylation sites (tertiary alicyclic amines) is 2. The van der Waals surface area contributed by atoms with E-state index in [0.717, 1.165) is 81.6 Å². The van der Waals surface area contributed by atoms with Crippen LogP contribution in [0.2, 0.25) is 0 Å². The van der Waals surface area contributed by atoms with Crippen molar-refractivity contribution < 1.29 is 23.9 Å². The lowest BCUT2D eigenvalue weighted by molar-refractivity contribution is 0.0943. The van der Waals surface area contributed by atoms with Gasteiger partial charge in [0, 0.05) is 98.1 Å². The van der Waals surface area contributed by atoms with Crippen LogP contribution < -0.4 is 37.5 Å². The van der Waals surface area contributed by atoms with Gasteiger partial charge in [0.1, 0.15) is 11.5 Å². The van der Waals surface area contributed by atoms with E-state index in [-0.39, 0.29) is 37.0 Å². The van der Waals surface area contributed by atoms with Crippen LogP contribution in [-0.4, -0.2) is 101 Å². The van der Waals surface area contributed by atoms with Crippen LogP contribution in [-0.2, 0) is 39.0 Å². The Morgan fingerprint density at radius 3 is 1.30 bits per heavy atom. The fourth-order valence-corrected chi connectivity index (χ4v) is 9.03. The third kappa shape index (κ3) is 10.0. The second-order valence-electron chi connectivity index (χ2n) is 16.9. The molecular weight excluding hydrogens is 853 g/mol. The number of aryl methyl sites for hydroxylation is 4. The zero-order valence-corrected chi connectivity index (χ0v) is 38.6. The predicted molar refractivity (Wildman–Crippen MR) is 256 cm³/mol. The maximum absolute atomic E-state index is 13.6. The molecule has 4 aromatic heterocycles. The Morgan fingerprint density at radius 2 is 0.970 bits per heavy atom. The van der Waals surface area contributed by atoms with Crippen molar-refractivity contribution in [3.63, 3.8) is 0 Å². The van der Waals surface area contributed by atoms with E-state index in [1.165, 1.54) is 0 Å². The summed E-state index contributed by atoms with van der Waals surface area (Å²) in [6, 6.07) is 13.2. The number of amides is 6. The molecule has 0 radical (unpaired) electrons. The summed E-state index contributed by atoms with van der Waals surface area (Å²) in [5, 5.41) is 24.6. The van der Waals surface area contributed by atoms with Gasteiger partial charge in [-0.3, -0.25) is 9.59 Å². The Morgan fingerprint density at radius 1 is 0.597 bits per heavy atom. The first-order valence-electron chi connectivity index (χ1n) is 23.3. The van der Waals surface area contributed by atoms with E-state index >= 15 is 0 Å². The van der Waals surface area contributed by atoms with Crippen LogP contribution in [0.3, 0.4) is 0 Å². The second-order valence-corrected chi connectivity index (χ2v) is 16.9. The number of anilines is 2. The fourth-order valence-electron chi connectivity index (χ4n) is 9.03. The second kappa shape index (κ2) is 20.4. The smallest absolute Gasteiger partial charge is 0.314 e. The number of rotatable bonds is 16. The molecule has 8 N–H and O–H groups in total. The van der Waals surface area contributed by atoms with Crippen molar-refractivity contribution in [1.29, 1.82) is 0 Å². The van der Waals surface area contributed by atoms with Gasteiger partial charge in [-0.1, -0.05) is 13.8 Å². The molecule has 0 unspecified atom stereocenters. The number of ether oxygens (including phenoxy) is 1. The molecule has 2 aliphatic rings. The first-order chi connectivity index (χ1) is 32.5. The highest BCUT2D eigenvalue weighted by Gasteiger charge is 2.27. The number of hydrogen-bond acceptors (Lipinski definition) is 11. The summed E-state index contributed by atoms with van der Waals surface area (Å²) in [5.41, 5.74) is 18.9. The zero-order chi connectivity index (χ0) is 47.2. The van der Waals surface area contributed by atoms with Crippen LogP contribution in [0.15, 0.2) is 60.9 Å². The van der Waals surface area contributed by atoms with Crippen molar-refractivity contribution in [2.75, 3.05) is 36.8 Å². The number of nitrogens with zero attached hydrogens (tertiary/aromatic N) is 8. The number of aromatic nitrogens is 6. The molecule has 19 heteroatoms. The SMILES string of the molecule is CCc1nc2c(cnn2CC)c(NC2CCN(C(N)=O)CC2)c1CNC(=O)c1ccc(Oc2ccc(C(=O)NCc3c(CC)nc4c(cnn4CC)c3NC3CCN(C(N)=O)CC3)cc2)cc1. The molecule has 0 bridgehead atoms. The maximum Gasteiger partial charge on any atom is 0.314 e. The van der Waals surface area contributed by atoms with Crippen LogP contribution in [0.25, 0.3) is 22.1 Å². The van der Waals surface area contributed by atoms with E-state index in [4.69, 9.17) is 26.2 Å². The van der Waals surface area contributed by atoms with E-state index in [2.05, 4.69) is 31.5 Å². The predicted octanol–water partition coefficient (Wildman–Crippen LogP) is 5.90. The van der Waals surface area contributed by atoms with Crippen LogP contribution in [0.1, 0.15) is 96.6 Å². The third-order valence-corrected chi connectivity index (χ3v) is 12.8. The number of nitrogens with two attached hydrogens (primary N) is 2. The first kappa shape index (κ1) is 46.1. The number of pyridine rings is 2. The number of urea groups is 2. The van der Waals surface area contributed by atoms with Gasteiger partial charge in [-0.15, -0.1) is 0 Å². The minimum Gasteiger partial charge on any atom is -0.457 e. The molecule has 0 spiro atoms. The monoisotopic (exact) mass is 912 g/mol. The summed E-state index contributed by atoms with van der Waals surface area (Å²) in [7, 11) is 0. The van der Waals surface area contributed by atoms with Crippen molar-refractivity contribution >= 4 is 57.3 Å². The van der Waals surface area contributed by atoms with E-state index in [0.29, 0.717) is 74.7 Å². The molecule has 0 saturated carbocycles. The number of fused-ring (bicyclic) bond motifs is 2. The van der Waals surface area contributed by atoms with Crippen molar-refractivity contribution in [2.24, 2.45) is 11.5 Å². The summed E-state index contributed by atoms with van der Waals surface area (Å²) in [4.78, 5) is 63.9. The highest BCUT2D eigenvalue weighted by Crippen LogP contribution is 2.33. The van der Waals surface area contributed by atoms with Gasteiger partial charge in [-0.05, 0) is 101 Å². The van der Waals surface area contributed by atoms with Crippen molar-refractivity contribution in [3.8, 4) is 11.5 Å². The molecule has 6 heterocycles. The quantitative estimate of drug-likeness (QED) is 0.0667. The lowest BCUT2D eigenvalue weighted by atomic mass is 10.0. The average Bonchev–Trinajstić information content (AvgIpc) is 3.97. The number of hydrogen-bond donors (Lipinski definition) is 6. The fraction of sp³-hybridized carbons (Fsp3) is 0.417. The summed E-state index contributed by atoms with van der Waals surface area (Å²) < 4.78 is 9.86. The van der Waals surface area contributed by atoms with Gasteiger partial charge < -0.3 is 47.3 Å². The molecule has 0 aliphatic carbocycles. The topological polar surface area (TPSA) is 246 Å². The van der Waals surface area contributed by atoms with Gasteiger partial charge in [0.05, 0.1) is 34.5 Å². The maximum atomic E-state index is 13.6. The number of primary amides is 2. The third-order valence-electron chi connectivity index (χ3n) is 12.8. The molecule has 67 heavy (non-hydrogen) atoms. The first-order valence-corrected chi connectivity index (χ1v) is 23.3. The summed E-state index contributed by atoms with van der Waals surface area (Å²) in [6.45, 7) is 12.2. The number of piperidine rings is 2. The van der Waals surface area contributed by atoms with Gasteiger partial charge in [-0.25, -0.2) is 28.9 Å². The molecule has 19 nitrogen and oxygen atoms in total. The molecule has 6 amide bonds. The number of carbonyl (C=O) groups is 4. The van der Waals surface area contributed by atoms with Crippen LogP contribution in [0.5, 0.6) is 11.5 Å². The van der Waals surface area contributed by atoms with Gasteiger partial charge in [-0.2, -0.15) is 10.2 Å². The molecule has 2 aliphatic heterocycles. The Hall–Kier alpha value is -7.44. The number of benzene rings is 2. The summed E-state index contributed by atoms with van der Waals surface area (Å²) in [6.07, 6.45) is 7.90. The largest absolute Gasteiger partial charge is 0.457 e. The molecule has 2 aromatic carbocycles. The van der Waals surface area contributed by atoms with Gasteiger partial charge in [0.2, 0.25) is 0 Å². The molecule has 6 aromatic rings. The van der Waals surface area contributed by atoms with Crippen molar-refractivity contribution in [1.82, 2.24) is 50.0 Å². The van der Waals surface area contributed by atoms with E-state index in [9.17, 15) is 19.2 Å². The minimum atomic E-state index is -0.408. The van der Waals surface area contributed by atoms with E-state index in [1.54, 1.807) is 58.3 Å². The molecule has 2 saturated heterocycles. The lowest BCUT2D eigenvalue weighted by Gasteiger charge is -2.32.